The normalized spacial score (nSPS) is 14.0. The second-order valence-corrected chi connectivity index (χ2v) is 7.25. The maximum atomic E-state index is 13.9. The highest BCUT2D eigenvalue weighted by Crippen LogP contribution is 2.27. The third-order valence-corrected chi connectivity index (χ3v) is 5.44. The van der Waals surface area contributed by atoms with E-state index in [1.54, 1.807) is 12.1 Å². The van der Waals surface area contributed by atoms with Crippen LogP contribution in [0.3, 0.4) is 0 Å². The molecule has 2 heterocycles. The van der Waals surface area contributed by atoms with E-state index in [0.717, 1.165) is 15.3 Å². The molecule has 2 atom stereocenters. The lowest BCUT2D eigenvalue weighted by Gasteiger charge is -2.20. The number of hydrogen-bond acceptors (Lipinski definition) is 4. The largest absolute Gasteiger partial charge is 0.309 e. The molecule has 1 aromatic carbocycles. The first-order valence-corrected chi connectivity index (χ1v) is 8.70. The second kappa shape index (κ2) is 6.45. The van der Waals surface area contributed by atoms with Gasteiger partial charge in [-0.15, -0.1) is 11.3 Å². The number of rotatable bonds is 4. The summed E-state index contributed by atoms with van der Waals surface area (Å²) in [6.45, 7) is 7.73. The number of aromatic nitrogens is 2. The van der Waals surface area contributed by atoms with E-state index in [9.17, 15) is 9.18 Å². The molecule has 0 aliphatic rings. The van der Waals surface area contributed by atoms with Gasteiger partial charge in [0.15, 0.2) is 0 Å². The Morgan fingerprint density at radius 2 is 1.92 bits per heavy atom. The van der Waals surface area contributed by atoms with Crippen molar-refractivity contribution in [2.24, 2.45) is 0 Å². The minimum atomic E-state index is -0.244. The fraction of sp³-hybridized carbons (Fsp3) is 0.333. The van der Waals surface area contributed by atoms with E-state index in [2.05, 4.69) is 15.3 Å². The van der Waals surface area contributed by atoms with Crippen molar-refractivity contribution < 1.29 is 4.39 Å². The number of nitrogens with zero attached hydrogens (tertiary/aromatic N) is 1. The van der Waals surface area contributed by atoms with Crippen LogP contribution in [0.4, 0.5) is 4.39 Å². The molecule has 2 unspecified atom stereocenters. The predicted octanol–water partition coefficient (Wildman–Crippen LogP) is 4.15. The Balaban J connectivity index is 1.90. The standard InChI is InChI=1S/C18H20FN3OS/c1-9-12(4)24-18-15(9)17(23)21-16(22-18)11(3)20-10(2)13-7-5-6-8-14(13)19/h5-8,10-11,20H,1-4H3,(H,21,22,23). The lowest BCUT2D eigenvalue weighted by Crippen LogP contribution is -2.26. The maximum Gasteiger partial charge on any atom is 0.259 e. The lowest BCUT2D eigenvalue weighted by atomic mass is 10.1. The maximum absolute atomic E-state index is 13.9. The van der Waals surface area contributed by atoms with Crippen LogP contribution in [-0.2, 0) is 0 Å². The van der Waals surface area contributed by atoms with E-state index in [1.807, 2.05) is 33.8 Å². The van der Waals surface area contributed by atoms with Crippen LogP contribution in [0.1, 0.15) is 47.8 Å². The van der Waals surface area contributed by atoms with Gasteiger partial charge in [0.05, 0.1) is 11.4 Å². The Labute approximate surface area is 143 Å². The topological polar surface area (TPSA) is 57.8 Å². The third-order valence-electron chi connectivity index (χ3n) is 4.34. The molecule has 3 aromatic rings. The molecule has 2 aromatic heterocycles. The number of aryl methyl sites for hydroxylation is 2. The predicted molar refractivity (Wildman–Crippen MR) is 96.1 cm³/mol. The zero-order valence-electron chi connectivity index (χ0n) is 14.1. The third kappa shape index (κ3) is 2.99. The minimum Gasteiger partial charge on any atom is -0.309 e. The summed E-state index contributed by atoms with van der Waals surface area (Å²) in [4.78, 5) is 21.7. The molecule has 0 bridgehead atoms. The molecular weight excluding hydrogens is 325 g/mol. The van der Waals surface area contributed by atoms with Crippen LogP contribution < -0.4 is 10.9 Å². The van der Waals surface area contributed by atoms with Crippen LogP contribution in [0.2, 0.25) is 0 Å². The molecular formula is C18H20FN3OS. The van der Waals surface area contributed by atoms with Crippen molar-refractivity contribution in [3.8, 4) is 0 Å². The molecule has 0 spiro atoms. The SMILES string of the molecule is Cc1sc2nc(C(C)NC(C)c3ccccc3F)[nH]c(=O)c2c1C. The van der Waals surface area contributed by atoms with Crippen molar-refractivity contribution in [3.63, 3.8) is 0 Å². The van der Waals surface area contributed by atoms with Gasteiger partial charge in [-0.3, -0.25) is 4.79 Å². The van der Waals surface area contributed by atoms with Gasteiger partial charge in [-0.2, -0.15) is 0 Å². The van der Waals surface area contributed by atoms with Crippen molar-refractivity contribution in [1.82, 2.24) is 15.3 Å². The van der Waals surface area contributed by atoms with Gasteiger partial charge in [0.25, 0.3) is 5.56 Å². The number of fused-ring (bicyclic) bond motifs is 1. The Bertz CT molecular complexity index is 947. The summed E-state index contributed by atoms with van der Waals surface area (Å²) >= 11 is 1.52. The Morgan fingerprint density at radius 3 is 2.62 bits per heavy atom. The smallest absolute Gasteiger partial charge is 0.259 e. The molecule has 0 amide bonds. The van der Waals surface area contributed by atoms with Crippen molar-refractivity contribution in [3.05, 3.63) is 62.3 Å². The molecule has 0 saturated heterocycles. The first-order chi connectivity index (χ1) is 11.4. The number of hydrogen-bond donors (Lipinski definition) is 2. The molecule has 0 aliphatic carbocycles. The van der Waals surface area contributed by atoms with Gasteiger partial charge >= 0.3 is 0 Å². The van der Waals surface area contributed by atoms with Crippen molar-refractivity contribution in [1.29, 1.82) is 0 Å². The zero-order valence-corrected chi connectivity index (χ0v) is 14.9. The van der Waals surface area contributed by atoms with Crippen LogP contribution in [0, 0.1) is 19.7 Å². The lowest BCUT2D eigenvalue weighted by molar-refractivity contribution is 0.460. The average Bonchev–Trinajstić information content (AvgIpc) is 2.82. The van der Waals surface area contributed by atoms with Crippen LogP contribution in [-0.4, -0.2) is 9.97 Å². The van der Waals surface area contributed by atoms with Gasteiger partial charge in [-0.1, -0.05) is 18.2 Å². The van der Waals surface area contributed by atoms with E-state index in [-0.39, 0.29) is 23.5 Å². The quantitative estimate of drug-likeness (QED) is 0.747. The summed E-state index contributed by atoms with van der Waals surface area (Å²) in [6, 6.07) is 6.27. The van der Waals surface area contributed by atoms with E-state index in [4.69, 9.17) is 0 Å². The molecule has 0 aliphatic heterocycles. The molecule has 2 N–H and O–H groups in total. The summed E-state index contributed by atoms with van der Waals surface area (Å²) in [5, 5.41) is 3.96. The first-order valence-electron chi connectivity index (χ1n) is 7.89. The van der Waals surface area contributed by atoms with Crippen LogP contribution >= 0.6 is 11.3 Å². The molecule has 6 heteroatoms. The highest BCUT2D eigenvalue weighted by atomic mass is 32.1. The molecule has 0 saturated carbocycles. The first kappa shape index (κ1) is 16.8. The Morgan fingerprint density at radius 1 is 1.21 bits per heavy atom. The van der Waals surface area contributed by atoms with Crippen LogP contribution in [0.15, 0.2) is 29.1 Å². The highest BCUT2D eigenvalue weighted by Gasteiger charge is 2.18. The minimum absolute atomic E-state index is 0.121. The van der Waals surface area contributed by atoms with Gasteiger partial charge in [0.2, 0.25) is 0 Å². The van der Waals surface area contributed by atoms with Crippen LogP contribution in [0.5, 0.6) is 0 Å². The van der Waals surface area contributed by atoms with E-state index < -0.39 is 0 Å². The van der Waals surface area contributed by atoms with Crippen molar-refractivity contribution >= 4 is 21.6 Å². The van der Waals surface area contributed by atoms with Crippen molar-refractivity contribution in [2.75, 3.05) is 0 Å². The highest BCUT2D eigenvalue weighted by molar-refractivity contribution is 7.18. The molecule has 0 radical (unpaired) electrons. The zero-order chi connectivity index (χ0) is 17.4. The second-order valence-electron chi connectivity index (χ2n) is 6.05. The number of aromatic amines is 1. The number of halogens is 1. The molecule has 126 valence electrons. The number of nitrogens with one attached hydrogen (secondary N) is 2. The molecule has 0 fully saturated rings. The van der Waals surface area contributed by atoms with Gasteiger partial charge in [0.1, 0.15) is 16.5 Å². The number of benzene rings is 1. The average molecular weight is 345 g/mol. The van der Waals surface area contributed by atoms with Crippen molar-refractivity contribution in [2.45, 2.75) is 39.8 Å². The number of H-pyrrole nitrogens is 1. The van der Waals surface area contributed by atoms with Gasteiger partial charge in [-0.25, -0.2) is 9.37 Å². The monoisotopic (exact) mass is 345 g/mol. The summed E-state index contributed by atoms with van der Waals surface area (Å²) in [5.41, 5.74) is 1.45. The fourth-order valence-corrected chi connectivity index (χ4v) is 3.88. The Kier molecular flexibility index (Phi) is 4.51. The molecule has 4 nitrogen and oxygen atoms in total. The van der Waals surface area contributed by atoms with Crippen LogP contribution in [0.25, 0.3) is 10.2 Å². The van der Waals surface area contributed by atoms with Gasteiger partial charge in [-0.05, 0) is 39.3 Å². The summed E-state index contributed by atoms with van der Waals surface area (Å²) in [5.74, 6) is 0.322. The number of thiophene rings is 1. The van der Waals surface area contributed by atoms with E-state index >= 15 is 0 Å². The Hall–Kier alpha value is -2.05. The van der Waals surface area contributed by atoms with E-state index in [1.165, 1.54) is 17.4 Å². The van der Waals surface area contributed by atoms with Gasteiger partial charge in [0, 0.05) is 16.5 Å². The molecule has 3 rings (SSSR count). The summed E-state index contributed by atoms with van der Waals surface area (Å²) in [7, 11) is 0. The molecule has 24 heavy (non-hydrogen) atoms. The van der Waals surface area contributed by atoms with E-state index in [0.29, 0.717) is 16.8 Å². The summed E-state index contributed by atoms with van der Waals surface area (Å²) < 4.78 is 13.9. The fourth-order valence-electron chi connectivity index (χ4n) is 2.85. The summed E-state index contributed by atoms with van der Waals surface area (Å²) in [6.07, 6.45) is 0. The van der Waals surface area contributed by atoms with Gasteiger partial charge < -0.3 is 10.3 Å².